The highest BCUT2D eigenvalue weighted by atomic mass is 35.5. The van der Waals surface area contributed by atoms with Crippen molar-refractivity contribution >= 4 is 17.9 Å². The van der Waals surface area contributed by atoms with Crippen LogP contribution in [0.25, 0.3) is 0 Å². The lowest BCUT2D eigenvalue weighted by Gasteiger charge is -2.16. The summed E-state index contributed by atoms with van der Waals surface area (Å²) in [6, 6.07) is 15.8. The van der Waals surface area contributed by atoms with Gasteiger partial charge in [0, 0.05) is 12.5 Å². The summed E-state index contributed by atoms with van der Waals surface area (Å²) < 4.78 is 0. The Morgan fingerprint density at radius 2 is 1.77 bits per heavy atom. The summed E-state index contributed by atoms with van der Waals surface area (Å²) >= 11 is 5.71. The van der Waals surface area contributed by atoms with Crippen LogP contribution in [-0.2, 0) is 11.2 Å². The lowest BCUT2D eigenvalue weighted by atomic mass is 9.91. The summed E-state index contributed by atoms with van der Waals surface area (Å²) in [6.45, 7) is 17.5. The summed E-state index contributed by atoms with van der Waals surface area (Å²) in [6.07, 6.45) is 5.85. The molecule has 0 saturated carbocycles. The number of aryl methyl sites for hydroxylation is 3. The highest BCUT2D eigenvalue weighted by Crippen LogP contribution is 2.24. The first kappa shape index (κ1) is 32.8. The first-order chi connectivity index (χ1) is 16.6. The van der Waals surface area contributed by atoms with Crippen molar-refractivity contribution in [1.82, 2.24) is 4.90 Å². The Labute approximate surface area is 220 Å². The van der Waals surface area contributed by atoms with E-state index in [1.54, 1.807) is 12.1 Å². The number of rotatable bonds is 5. The Kier molecular flexibility index (Phi) is 17.9. The molecule has 0 aliphatic carbocycles. The molecule has 4 heteroatoms. The predicted molar refractivity (Wildman–Crippen MR) is 152 cm³/mol. The average molecular weight is 499 g/mol. The van der Waals surface area contributed by atoms with Crippen LogP contribution in [-0.4, -0.2) is 31.3 Å². The van der Waals surface area contributed by atoms with Gasteiger partial charge in [-0.25, -0.2) is 0 Å². The molecule has 3 atom stereocenters. The Morgan fingerprint density at radius 3 is 2.14 bits per heavy atom. The van der Waals surface area contributed by atoms with Crippen LogP contribution in [0.1, 0.15) is 76.1 Å². The summed E-state index contributed by atoms with van der Waals surface area (Å²) in [5, 5.41) is 9.00. The first-order valence-electron chi connectivity index (χ1n) is 13.0. The number of benzene rings is 2. The number of hydrogen-bond donors (Lipinski definition) is 0. The van der Waals surface area contributed by atoms with E-state index in [1.807, 2.05) is 32.9 Å². The fourth-order valence-electron chi connectivity index (χ4n) is 3.58. The monoisotopic (exact) mass is 498 g/mol. The Bertz CT molecular complexity index is 890. The minimum Gasteiger partial charge on any atom is -0.306 e. The van der Waals surface area contributed by atoms with Gasteiger partial charge in [-0.3, -0.25) is 0 Å². The molecule has 3 rings (SSSR count). The molecule has 1 saturated heterocycles. The number of hydrogen-bond acceptors (Lipinski definition) is 3. The normalized spacial score (nSPS) is 16.2. The number of nitrogens with zero attached hydrogens (tertiary/aromatic N) is 2. The maximum absolute atomic E-state index is 9.74. The minimum absolute atomic E-state index is 0.255. The van der Waals surface area contributed by atoms with Crippen molar-refractivity contribution in [2.75, 3.05) is 20.1 Å². The summed E-state index contributed by atoms with van der Waals surface area (Å²) in [5.41, 5.74) is 4.47. The molecule has 2 aromatic carbocycles. The molecule has 0 bridgehead atoms. The first-order valence-corrected chi connectivity index (χ1v) is 13.4. The van der Waals surface area contributed by atoms with Gasteiger partial charge in [-0.1, -0.05) is 83.0 Å². The minimum atomic E-state index is 0.255. The molecule has 35 heavy (non-hydrogen) atoms. The third kappa shape index (κ3) is 14.1. The molecule has 1 fully saturated rings. The molecule has 1 aliphatic heterocycles. The topological polar surface area (TPSA) is 44.1 Å². The van der Waals surface area contributed by atoms with Crippen LogP contribution in [0.2, 0.25) is 5.02 Å². The summed E-state index contributed by atoms with van der Waals surface area (Å²) in [5.74, 6) is 2.17. The van der Waals surface area contributed by atoms with Crippen molar-refractivity contribution in [3.05, 3.63) is 69.7 Å². The molecule has 3 unspecified atom stereocenters. The molecular weight excluding hydrogens is 452 g/mol. The Morgan fingerprint density at radius 1 is 1.11 bits per heavy atom. The predicted octanol–water partition coefficient (Wildman–Crippen LogP) is 8.29. The highest BCUT2D eigenvalue weighted by Gasteiger charge is 2.23. The third-order valence-corrected chi connectivity index (χ3v) is 6.95. The molecule has 0 aromatic heterocycles. The van der Waals surface area contributed by atoms with Crippen LogP contribution >= 0.6 is 11.6 Å². The van der Waals surface area contributed by atoms with E-state index in [0.29, 0.717) is 10.6 Å². The molecule has 0 N–H and O–H groups in total. The molecule has 0 radical (unpaired) electrons. The van der Waals surface area contributed by atoms with Gasteiger partial charge in [-0.15, -0.1) is 0 Å². The molecular formula is C31H47ClN2O. The van der Waals surface area contributed by atoms with Crippen LogP contribution in [0.5, 0.6) is 0 Å². The quantitative estimate of drug-likeness (QED) is 0.389. The fraction of sp³-hybridized carbons (Fsp3) is 0.548. The zero-order valence-electron chi connectivity index (χ0n) is 23.3. The number of carbonyl (C=O) groups excluding carboxylic acids is 1. The maximum Gasteiger partial charge on any atom is 0.122 e. The van der Waals surface area contributed by atoms with E-state index >= 15 is 0 Å². The van der Waals surface area contributed by atoms with Crippen molar-refractivity contribution in [1.29, 1.82) is 5.26 Å². The zero-order chi connectivity index (χ0) is 26.8. The van der Waals surface area contributed by atoms with E-state index < -0.39 is 0 Å². The standard InChI is InChI=1S/C9H19N.C9H12.C8H6ClN.C5H10O/c1-4-8(2)9-5-6-10(3)7-9;1-3-9-7-5-4-6-8(9)2;1-6-2-3-7(5-10)8(9)4-6;1-3-5(2)4-6/h8-9H,4-7H2,1-3H3;4-7H,3H2,1-2H3;2-4H,1H3;4-5H,3H2,1-2H3. The van der Waals surface area contributed by atoms with E-state index in [1.165, 1.54) is 37.1 Å². The van der Waals surface area contributed by atoms with Gasteiger partial charge in [-0.2, -0.15) is 5.26 Å². The SMILES string of the molecule is CCC(C)C1CCN(C)C1.CCC(C)C=O.CCc1ccccc1C.Cc1ccc(C#N)c(Cl)c1. The van der Waals surface area contributed by atoms with Crippen LogP contribution in [0.15, 0.2) is 42.5 Å². The third-order valence-electron chi connectivity index (χ3n) is 6.64. The Hall–Kier alpha value is -2.15. The van der Waals surface area contributed by atoms with Crippen molar-refractivity contribution in [3.8, 4) is 6.07 Å². The van der Waals surface area contributed by atoms with E-state index in [2.05, 4.69) is 63.9 Å². The number of likely N-dealkylation sites (tertiary alicyclic amines) is 1. The van der Waals surface area contributed by atoms with Crippen molar-refractivity contribution in [3.63, 3.8) is 0 Å². The van der Waals surface area contributed by atoms with Crippen LogP contribution in [0.3, 0.4) is 0 Å². The molecule has 194 valence electrons. The van der Waals surface area contributed by atoms with Crippen LogP contribution < -0.4 is 0 Å². The van der Waals surface area contributed by atoms with Gasteiger partial charge in [0.05, 0.1) is 10.6 Å². The zero-order valence-corrected chi connectivity index (χ0v) is 24.0. The van der Waals surface area contributed by atoms with Gasteiger partial charge in [0.2, 0.25) is 0 Å². The van der Waals surface area contributed by atoms with E-state index in [-0.39, 0.29) is 5.92 Å². The van der Waals surface area contributed by atoms with Crippen molar-refractivity contribution < 1.29 is 4.79 Å². The summed E-state index contributed by atoms with van der Waals surface area (Å²) in [7, 11) is 2.22. The van der Waals surface area contributed by atoms with Crippen LogP contribution in [0, 0.1) is 42.9 Å². The van der Waals surface area contributed by atoms with Gasteiger partial charge >= 0.3 is 0 Å². The van der Waals surface area contributed by atoms with Gasteiger partial charge < -0.3 is 9.69 Å². The summed E-state index contributed by atoms with van der Waals surface area (Å²) in [4.78, 5) is 12.2. The van der Waals surface area contributed by atoms with E-state index in [4.69, 9.17) is 16.9 Å². The van der Waals surface area contributed by atoms with Crippen LogP contribution in [0.4, 0.5) is 0 Å². The largest absolute Gasteiger partial charge is 0.306 e. The fourth-order valence-corrected chi connectivity index (χ4v) is 3.86. The molecule has 2 aromatic rings. The van der Waals surface area contributed by atoms with Gasteiger partial charge in [-0.05, 0) is 87.4 Å². The van der Waals surface area contributed by atoms with Crippen molar-refractivity contribution in [2.45, 2.75) is 74.1 Å². The van der Waals surface area contributed by atoms with Gasteiger partial charge in [0.15, 0.2) is 0 Å². The molecule has 3 nitrogen and oxygen atoms in total. The number of halogens is 1. The van der Waals surface area contributed by atoms with Gasteiger partial charge in [0.25, 0.3) is 0 Å². The highest BCUT2D eigenvalue weighted by molar-refractivity contribution is 6.31. The second kappa shape index (κ2) is 19.1. The molecule has 1 aliphatic rings. The number of nitriles is 1. The number of aldehydes is 1. The molecule has 0 amide bonds. The second-order valence-electron chi connectivity index (χ2n) is 9.59. The van der Waals surface area contributed by atoms with Gasteiger partial charge in [0.1, 0.15) is 12.4 Å². The Balaban J connectivity index is 0.000000448. The smallest absolute Gasteiger partial charge is 0.122 e. The maximum atomic E-state index is 9.74. The lowest BCUT2D eigenvalue weighted by Crippen LogP contribution is -2.17. The molecule has 1 heterocycles. The average Bonchev–Trinajstić information content (AvgIpc) is 3.31. The second-order valence-corrected chi connectivity index (χ2v) is 10.0. The number of carbonyl (C=O) groups is 1. The van der Waals surface area contributed by atoms with Crippen molar-refractivity contribution in [2.24, 2.45) is 17.8 Å². The van der Waals surface area contributed by atoms with E-state index in [0.717, 1.165) is 36.5 Å². The van der Waals surface area contributed by atoms with E-state index in [9.17, 15) is 4.79 Å². The molecule has 0 spiro atoms. The lowest BCUT2D eigenvalue weighted by molar-refractivity contribution is -0.110.